The van der Waals surface area contributed by atoms with Crippen LogP contribution < -0.4 is 5.43 Å². The lowest BCUT2D eigenvalue weighted by Gasteiger charge is -2.06. The molecule has 66 valence electrons. The van der Waals surface area contributed by atoms with Gasteiger partial charge in [-0.2, -0.15) is 0 Å². The van der Waals surface area contributed by atoms with Gasteiger partial charge in [0.05, 0.1) is 5.69 Å². The van der Waals surface area contributed by atoms with E-state index >= 15 is 0 Å². The van der Waals surface area contributed by atoms with Crippen LogP contribution >= 0.6 is 11.6 Å². The Labute approximate surface area is 77.5 Å². The van der Waals surface area contributed by atoms with Crippen LogP contribution in [-0.2, 0) is 0 Å². The van der Waals surface area contributed by atoms with E-state index in [9.17, 15) is 10.0 Å². The fraction of sp³-hybridized carbons (Fsp3) is 0. The number of fused-ring (bicyclic) bond motifs is 1. The molecule has 5 nitrogen and oxygen atoms in total. The van der Waals surface area contributed by atoms with Gasteiger partial charge in [0.15, 0.2) is 5.43 Å². The highest BCUT2D eigenvalue weighted by Gasteiger charge is 2.09. The average Bonchev–Trinajstić information content (AvgIpc) is 2.06. The van der Waals surface area contributed by atoms with Crippen molar-refractivity contribution in [1.82, 2.24) is 14.9 Å². The standard InChI is InChI=1S/C7H4ClN3O2/c8-7-9-5-2-1-4(12)3-6(5)11(13)10-7/h1-3,13H. The van der Waals surface area contributed by atoms with Crippen molar-refractivity contribution in [1.29, 1.82) is 0 Å². The molecular formula is C7H4ClN3O2. The van der Waals surface area contributed by atoms with Crippen molar-refractivity contribution >= 4 is 11.6 Å². The molecule has 1 aliphatic carbocycles. The number of aromatic nitrogens is 3. The molecule has 0 aromatic rings. The van der Waals surface area contributed by atoms with Gasteiger partial charge in [-0.05, 0) is 23.7 Å². The highest BCUT2D eigenvalue weighted by Crippen LogP contribution is 2.15. The quantitative estimate of drug-likeness (QED) is 0.629. The number of benzene rings is 1. The molecule has 1 aliphatic heterocycles. The van der Waals surface area contributed by atoms with Crippen molar-refractivity contribution < 1.29 is 5.21 Å². The molecule has 0 spiro atoms. The highest BCUT2D eigenvalue weighted by molar-refractivity contribution is 6.28. The topological polar surface area (TPSA) is 68.0 Å². The van der Waals surface area contributed by atoms with E-state index in [2.05, 4.69) is 10.1 Å². The number of halogens is 1. The monoisotopic (exact) mass is 197 g/mol. The largest absolute Gasteiger partial charge is 0.411 e. The normalized spacial score (nSPS) is 10.5. The predicted octanol–water partition coefficient (Wildman–Crippen LogP) is 0.634. The molecule has 0 amide bonds. The summed E-state index contributed by atoms with van der Waals surface area (Å²) in [4.78, 5) is 15.3. The Morgan fingerprint density at radius 2 is 2.23 bits per heavy atom. The maximum Gasteiger partial charge on any atom is 0.244 e. The second-order valence-electron chi connectivity index (χ2n) is 2.42. The molecule has 13 heavy (non-hydrogen) atoms. The number of nitrogens with zero attached hydrogens (tertiary/aromatic N) is 3. The van der Waals surface area contributed by atoms with E-state index in [1.54, 1.807) is 0 Å². The van der Waals surface area contributed by atoms with Crippen LogP contribution in [0.4, 0.5) is 0 Å². The molecule has 0 atom stereocenters. The average molecular weight is 198 g/mol. The van der Waals surface area contributed by atoms with Crippen LogP contribution in [0.1, 0.15) is 0 Å². The van der Waals surface area contributed by atoms with E-state index in [1.165, 1.54) is 18.2 Å². The van der Waals surface area contributed by atoms with E-state index in [-0.39, 0.29) is 16.4 Å². The fourth-order valence-corrected chi connectivity index (χ4v) is 1.17. The van der Waals surface area contributed by atoms with Crippen molar-refractivity contribution in [2.24, 2.45) is 0 Å². The first-order valence-electron chi connectivity index (χ1n) is 3.43. The molecule has 0 fully saturated rings. The molecule has 1 heterocycles. The van der Waals surface area contributed by atoms with E-state index in [1.807, 2.05) is 0 Å². The molecule has 0 aromatic heterocycles. The van der Waals surface area contributed by atoms with Gasteiger partial charge in [-0.1, -0.05) is 4.85 Å². The lowest BCUT2D eigenvalue weighted by atomic mass is 10.2. The molecule has 0 unspecified atom stereocenters. The van der Waals surface area contributed by atoms with Crippen LogP contribution in [0.25, 0.3) is 11.4 Å². The third-order valence-electron chi connectivity index (χ3n) is 1.55. The smallest absolute Gasteiger partial charge is 0.244 e. The molecule has 0 aromatic carbocycles. The summed E-state index contributed by atoms with van der Waals surface area (Å²) >= 11 is 5.48. The third kappa shape index (κ3) is 1.33. The Morgan fingerprint density at radius 1 is 1.46 bits per heavy atom. The first-order chi connectivity index (χ1) is 6.16. The van der Waals surface area contributed by atoms with Crippen LogP contribution in [0.15, 0.2) is 23.0 Å². The molecule has 1 N–H and O–H groups in total. The Morgan fingerprint density at radius 3 is 3.00 bits per heavy atom. The van der Waals surface area contributed by atoms with Crippen molar-refractivity contribution in [3.05, 3.63) is 33.7 Å². The fourth-order valence-electron chi connectivity index (χ4n) is 1.01. The van der Waals surface area contributed by atoms with Crippen molar-refractivity contribution in [2.75, 3.05) is 0 Å². The van der Waals surface area contributed by atoms with Crippen molar-refractivity contribution in [3.8, 4) is 11.4 Å². The van der Waals surface area contributed by atoms with Crippen molar-refractivity contribution in [3.63, 3.8) is 0 Å². The van der Waals surface area contributed by atoms with E-state index in [0.29, 0.717) is 10.5 Å². The van der Waals surface area contributed by atoms with Crippen molar-refractivity contribution in [2.45, 2.75) is 0 Å². The molecule has 0 radical (unpaired) electrons. The Hall–Kier alpha value is -1.62. The molecular weight excluding hydrogens is 194 g/mol. The van der Waals surface area contributed by atoms with Crippen LogP contribution in [0.2, 0.25) is 5.28 Å². The van der Waals surface area contributed by atoms with Crippen LogP contribution in [0.3, 0.4) is 0 Å². The molecule has 2 aliphatic rings. The maximum absolute atomic E-state index is 10.9. The zero-order valence-electron chi connectivity index (χ0n) is 6.31. The second kappa shape index (κ2) is 2.70. The summed E-state index contributed by atoms with van der Waals surface area (Å²) in [5.74, 6) is 0. The number of hydrogen-bond acceptors (Lipinski definition) is 4. The van der Waals surface area contributed by atoms with Gasteiger partial charge in [0, 0.05) is 6.07 Å². The molecule has 0 saturated carbocycles. The summed E-state index contributed by atoms with van der Waals surface area (Å²) < 4.78 is 0. The Kier molecular flexibility index (Phi) is 1.66. The summed E-state index contributed by atoms with van der Waals surface area (Å²) in [5, 5.41) is 12.6. The first-order valence-corrected chi connectivity index (χ1v) is 3.80. The molecule has 0 saturated heterocycles. The number of hydrogen-bond donors (Lipinski definition) is 1. The SMILES string of the molecule is O=c1ccc2nc(Cl)nn(O)c-2c1. The summed E-state index contributed by atoms with van der Waals surface area (Å²) in [6.45, 7) is 0. The summed E-state index contributed by atoms with van der Waals surface area (Å²) in [6, 6.07) is 4.04. The molecule has 6 heteroatoms. The van der Waals surface area contributed by atoms with E-state index in [4.69, 9.17) is 11.6 Å². The summed E-state index contributed by atoms with van der Waals surface area (Å²) in [7, 11) is 0. The van der Waals surface area contributed by atoms with Gasteiger partial charge in [0.1, 0.15) is 5.69 Å². The summed E-state index contributed by atoms with van der Waals surface area (Å²) in [5.41, 5.74) is 0.431. The van der Waals surface area contributed by atoms with Gasteiger partial charge in [0.25, 0.3) is 0 Å². The van der Waals surface area contributed by atoms with Gasteiger partial charge < -0.3 is 5.21 Å². The lowest BCUT2D eigenvalue weighted by molar-refractivity contribution is 0.147. The van der Waals surface area contributed by atoms with Crippen LogP contribution in [-0.4, -0.2) is 20.1 Å². The number of rotatable bonds is 0. The Bertz CT molecular complexity index is 482. The van der Waals surface area contributed by atoms with E-state index in [0.717, 1.165) is 0 Å². The minimum Gasteiger partial charge on any atom is -0.411 e. The molecule has 0 bridgehead atoms. The minimum absolute atomic E-state index is 0.0753. The second-order valence-corrected chi connectivity index (χ2v) is 2.76. The predicted molar refractivity (Wildman–Crippen MR) is 45.1 cm³/mol. The Balaban J connectivity index is 2.87. The van der Waals surface area contributed by atoms with E-state index < -0.39 is 0 Å². The van der Waals surface area contributed by atoms with Gasteiger partial charge in [-0.3, -0.25) is 4.79 Å². The minimum atomic E-state index is -0.221. The zero-order chi connectivity index (χ0) is 9.42. The highest BCUT2D eigenvalue weighted by atomic mass is 35.5. The van der Waals surface area contributed by atoms with Crippen LogP contribution in [0.5, 0.6) is 0 Å². The van der Waals surface area contributed by atoms with Gasteiger partial charge in [-0.25, -0.2) is 4.98 Å². The van der Waals surface area contributed by atoms with Gasteiger partial charge >= 0.3 is 0 Å². The maximum atomic E-state index is 10.9. The molecule has 2 rings (SSSR count). The first kappa shape index (κ1) is 8.00. The van der Waals surface area contributed by atoms with Gasteiger partial charge in [-0.15, -0.1) is 5.10 Å². The van der Waals surface area contributed by atoms with Gasteiger partial charge in [0.2, 0.25) is 5.28 Å². The summed E-state index contributed by atoms with van der Waals surface area (Å²) in [6.07, 6.45) is 0. The lowest BCUT2D eigenvalue weighted by Crippen LogP contribution is -2.10. The third-order valence-corrected chi connectivity index (χ3v) is 1.71. The zero-order valence-corrected chi connectivity index (χ0v) is 7.06. The van der Waals surface area contributed by atoms with Crippen LogP contribution in [0, 0.1) is 0 Å².